The molecule has 0 fully saturated rings. The van der Waals surface area contributed by atoms with Crippen molar-refractivity contribution in [3.63, 3.8) is 0 Å². The number of phosphoric ester groups is 1. The summed E-state index contributed by atoms with van der Waals surface area (Å²) < 4.78 is 26.2. The Balaban J connectivity index is 4.11. The SMILES string of the molecule is CCCCC/C=C\C/C=C\C/C=C\CC(O)C(O)CCCC(=O)O[C@H](COC(=O)CCCCCCCCCCCCCCCCCCCC)COP(=O)(O)O. The average Bonchev–Trinajstić information content (AvgIpc) is 3.15. The van der Waals surface area contributed by atoms with Crippen LogP contribution in [0.25, 0.3) is 0 Å². The normalized spacial score (nSPS) is 13.9. The van der Waals surface area contributed by atoms with Gasteiger partial charge in [-0.05, 0) is 51.4 Å². The molecule has 0 rings (SSSR count). The number of carbonyl (C=O) groups excluding carboxylic acids is 2. The highest BCUT2D eigenvalue weighted by Gasteiger charge is 2.23. The quantitative estimate of drug-likeness (QED) is 0.0203. The molecule has 0 bridgehead atoms. The Bertz CT molecular complexity index is 1020. The molecular weight excluding hydrogens is 719 g/mol. The molecule has 2 unspecified atom stereocenters. The Morgan fingerprint density at radius 3 is 1.53 bits per heavy atom. The molecule has 0 aliphatic heterocycles. The lowest BCUT2D eigenvalue weighted by Gasteiger charge is -2.19. The number of rotatable bonds is 40. The Morgan fingerprint density at radius 2 is 1.00 bits per heavy atom. The molecular formula is C44H81O10P. The molecule has 0 saturated carbocycles. The van der Waals surface area contributed by atoms with Gasteiger partial charge in [-0.15, -0.1) is 0 Å². The Hall–Kier alpha value is -1.81. The molecule has 0 aromatic rings. The summed E-state index contributed by atoms with van der Waals surface area (Å²) in [5.41, 5.74) is 0. The van der Waals surface area contributed by atoms with E-state index in [2.05, 4.69) is 42.7 Å². The van der Waals surface area contributed by atoms with E-state index in [-0.39, 0.29) is 38.7 Å². The van der Waals surface area contributed by atoms with Crippen LogP contribution in [-0.4, -0.2) is 63.5 Å². The Kier molecular flexibility index (Phi) is 37.8. The first-order valence-electron chi connectivity index (χ1n) is 21.9. The van der Waals surface area contributed by atoms with E-state index < -0.39 is 44.7 Å². The molecule has 11 heteroatoms. The van der Waals surface area contributed by atoms with Gasteiger partial charge in [0.05, 0.1) is 18.8 Å². The van der Waals surface area contributed by atoms with E-state index in [0.717, 1.165) is 38.5 Å². The van der Waals surface area contributed by atoms with Gasteiger partial charge in [-0.2, -0.15) is 0 Å². The van der Waals surface area contributed by atoms with E-state index in [4.69, 9.17) is 19.3 Å². The third-order valence-electron chi connectivity index (χ3n) is 9.61. The van der Waals surface area contributed by atoms with E-state index >= 15 is 0 Å². The molecule has 0 aromatic heterocycles. The van der Waals surface area contributed by atoms with E-state index in [0.29, 0.717) is 6.42 Å². The summed E-state index contributed by atoms with van der Waals surface area (Å²) >= 11 is 0. The van der Waals surface area contributed by atoms with Crippen LogP contribution in [0.1, 0.15) is 200 Å². The van der Waals surface area contributed by atoms with Crippen LogP contribution in [0, 0.1) is 0 Å². The maximum Gasteiger partial charge on any atom is 0.469 e. The number of allylic oxidation sites excluding steroid dienone is 5. The summed E-state index contributed by atoms with van der Waals surface area (Å²) in [7, 11) is -4.84. The molecule has 0 saturated heterocycles. The summed E-state index contributed by atoms with van der Waals surface area (Å²) in [6.07, 6.45) is 38.9. The first-order chi connectivity index (χ1) is 26.6. The predicted octanol–water partition coefficient (Wildman–Crippen LogP) is 11.3. The van der Waals surface area contributed by atoms with Crippen molar-refractivity contribution in [2.45, 2.75) is 218 Å². The predicted molar refractivity (Wildman–Crippen MR) is 224 cm³/mol. The maximum absolute atomic E-state index is 12.4. The van der Waals surface area contributed by atoms with Crippen LogP contribution < -0.4 is 0 Å². The van der Waals surface area contributed by atoms with Crippen molar-refractivity contribution < 1.29 is 48.2 Å². The largest absolute Gasteiger partial charge is 0.469 e. The van der Waals surface area contributed by atoms with Crippen LogP contribution in [0.2, 0.25) is 0 Å². The molecule has 0 heterocycles. The highest BCUT2D eigenvalue weighted by molar-refractivity contribution is 7.46. The van der Waals surface area contributed by atoms with Crippen LogP contribution >= 0.6 is 7.82 Å². The van der Waals surface area contributed by atoms with Crippen LogP contribution in [0.5, 0.6) is 0 Å². The summed E-state index contributed by atoms with van der Waals surface area (Å²) in [6.45, 7) is 3.43. The number of hydrogen-bond donors (Lipinski definition) is 4. The van der Waals surface area contributed by atoms with Gasteiger partial charge < -0.3 is 29.5 Å². The number of ether oxygens (including phenoxy) is 2. The van der Waals surface area contributed by atoms with Crippen LogP contribution in [0.15, 0.2) is 36.5 Å². The zero-order valence-electron chi connectivity index (χ0n) is 34.8. The smallest absolute Gasteiger partial charge is 0.462 e. The van der Waals surface area contributed by atoms with Crippen LogP contribution in [-0.2, 0) is 28.2 Å². The number of aliphatic hydroxyl groups is 2. The van der Waals surface area contributed by atoms with Gasteiger partial charge >= 0.3 is 19.8 Å². The zero-order chi connectivity index (χ0) is 40.7. The van der Waals surface area contributed by atoms with Gasteiger partial charge in [0.1, 0.15) is 6.61 Å². The molecule has 0 spiro atoms. The monoisotopic (exact) mass is 801 g/mol. The minimum atomic E-state index is -4.84. The zero-order valence-corrected chi connectivity index (χ0v) is 35.7. The Labute approximate surface area is 335 Å². The van der Waals surface area contributed by atoms with Gasteiger partial charge in [0.2, 0.25) is 0 Å². The number of phosphoric acid groups is 1. The lowest BCUT2D eigenvalue weighted by atomic mass is 10.0. The van der Waals surface area contributed by atoms with Crippen molar-refractivity contribution in [1.82, 2.24) is 0 Å². The van der Waals surface area contributed by atoms with Gasteiger partial charge in [0, 0.05) is 12.8 Å². The second-order valence-corrected chi connectivity index (χ2v) is 16.2. The van der Waals surface area contributed by atoms with Gasteiger partial charge in [-0.25, -0.2) is 4.57 Å². The lowest BCUT2D eigenvalue weighted by molar-refractivity contribution is -0.161. The number of unbranched alkanes of at least 4 members (excludes halogenated alkanes) is 20. The Morgan fingerprint density at radius 1 is 0.545 bits per heavy atom. The third kappa shape index (κ3) is 40.2. The van der Waals surface area contributed by atoms with Crippen molar-refractivity contribution in [1.29, 1.82) is 0 Å². The fraction of sp³-hybridized carbons (Fsp3) is 0.818. The van der Waals surface area contributed by atoms with Gasteiger partial charge in [-0.3, -0.25) is 14.1 Å². The summed E-state index contributed by atoms with van der Waals surface area (Å²) in [5, 5.41) is 20.6. The first-order valence-corrected chi connectivity index (χ1v) is 23.5. The van der Waals surface area contributed by atoms with E-state index in [1.165, 1.54) is 109 Å². The summed E-state index contributed by atoms with van der Waals surface area (Å²) in [4.78, 5) is 42.9. The first kappa shape index (κ1) is 53.2. The topological polar surface area (TPSA) is 160 Å². The minimum Gasteiger partial charge on any atom is -0.462 e. The summed E-state index contributed by atoms with van der Waals surface area (Å²) in [6, 6.07) is 0. The second-order valence-electron chi connectivity index (χ2n) is 15.0. The van der Waals surface area contributed by atoms with Gasteiger partial charge in [0.25, 0.3) is 0 Å². The molecule has 10 nitrogen and oxygen atoms in total. The maximum atomic E-state index is 12.4. The van der Waals surface area contributed by atoms with Crippen molar-refractivity contribution in [2.75, 3.05) is 13.2 Å². The molecule has 322 valence electrons. The summed E-state index contributed by atoms with van der Waals surface area (Å²) in [5.74, 6) is -1.16. The van der Waals surface area contributed by atoms with E-state index in [1.807, 2.05) is 12.2 Å². The molecule has 4 N–H and O–H groups in total. The number of hydrogen-bond acceptors (Lipinski definition) is 8. The van der Waals surface area contributed by atoms with Gasteiger partial charge in [-0.1, -0.05) is 172 Å². The molecule has 55 heavy (non-hydrogen) atoms. The molecule has 0 aliphatic rings. The van der Waals surface area contributed by atoms with Crippen molar-refractivity contribution in [3.05, 3.63) is 36.5 Å². The van der Waals surface area contributed by atoms with Crippen molar-refractivity contribution >= 4 is 19.8 Å². The fourth-order valence-corrected chi connectivity index (χ4v) is 6.54. The highest BCUT2D eigenvalue weighted by Crippen LogP contribution is 2.36. The van der Waals surface area contributed by atoms with Crippen molar-refractivity contribution in [2.24, 2.45) is 0 Å². The lowest BCUT2D eigenvalue weighted by Crippen LogP contribution is -2.30. The second kappa shape index (κ2) is 39.0. The number of carbonyl (C=O) groups is 2. The number of aliphatic hydroxyl groups excluding tert-OH is 2. The molecule has 0 aliphatic carbocycles. The fourth-order valence-electron chi connectivity index (χ4n) is 6.18. The minimum absolute atomic E-state index is 0.100. The van der Waals surface area contributed by atoms with Crippen LogP contribution in [0.4, 0.5) is 0 Å². The molecule has 0 aromatic carbocycles. The standard InChI is InChI=1S/C44H81O10P/c1-3-5-7-9-11-13-15-17-18-19-20-21-22-24-26-28-30-32-36-43(47)52-38-40(39-53-55(49,50)51)54-44(48)37-33-35-42(46)41(45)34-31-29-27-25-23-16-14-12-10-8-6-4-2/h12,14,23,25,29,31,40-42,45-46H,3-11,13,15-22,24,26-28,30,32-39H2,1-2H3,(H2,49,50,51)/b14-12-,25-23-,31-29-/t40-,41?,42?/m1/s1. The van der Waals surface area contributed by atoms with E-state index in [9.17, 15) is 24.4 Å². The average molecular weight is 801 g/mol. The van der Waals surface area contributed by atoms with Crippen LogP contribution in [0.3, 0.4) is 0 Å². The van der Waals surface area contributed by atoms with Gasteiger partial charge in [0.15, 0.2) is 6.10 Å². The number of esters is 2. The molecule has 3 atom stereocenters. The van der Waals surface area contributed by atoms with Crippen molar-refractivity contribution in [3.8, 4) is 0 Å². The third-order valence-corrected chi connectivity index (χ3v) is 10.1. The highest BCUT2D eigenvalue weighted by atomic mass is 31.2. The molecule has 0 radical (unpaired) electrons. The molecule has 0 amide bonds. The van der Waals surface area contributed by atoms with E-state index in [1.54, 1.807) is 0 Å².